The van der Waals surface area contributed by atoms with Crippen molar-refractivity contribution in [3.05, 3.63) is 23.8 Å². The third-order valence-corrected chi connectivity index (χ3v) is 5.61. The van der Waals surface area contributed by atoms with Crippen molar-refractivity contribution >= 4 is 35.8 Å². The number of piperidine rings is 1. The molecule has 1 aromatic rings. The van der Waals surface area contributed by atoms with Crippen molar-refractivity contribution in [3.8, 4) is 5.75 Å². The molecule has 29 heavy (non-hydrogen) atoms. The van der Waals surface area contributed by atoms with Crippen LogP contribution in [0.4, 0.5) is 5.69 Å². The van der Waals surface area contributed by atoms with Crippen molar-refractivity contribution in [1.82, 2.24) is 15.5 Å². The number of hydrogen-bond donors (Lipinski definition) is 3. The SMILES string of the molecule is Cl.O=C1COc2ccc(C(=O)N3CCCC(CNC(=O)C4CCCN4)C3)cc2N1. The highest BCUT2D eigenvalue weighted by molar-refractivity contribution is 5.99. The zero-order valence-electron chi connectivity index (χ0n) is 16.2. The summed E-state index contributed by atoms with van der Waals surface area (Å²) in [6.45, 7) is 2.81. The number of ether oxygens (including phenoxy) is 1. The van der Waals surface area contributed by atoms with Gasteiger partial charge in [0, 0.05) is 25.2 Å². The second kappa shape index (κ2) is 9.45. The summed E-state index contributed by atoms with van der Waals surface area (Å²) in [5, 5.41) is 8.98. The van der Waals surface area contributed by atoms with Gasteiger partial charge >= 0.3 is 0 Å². The van der Waals surface area contributed by atoms with Gasteiger partial charge in [0.15, 0.2) is 6.61 Å². The van der Waals surface area contributed by atoms with Crippen LogP contribution in [0.2, 0.25) is 0 Å². The second-order valence-electron chi connectivity index (χ2n) is 7.70. The summed E-state index contributed by atoms with van der Waals surface area (Å²) >= 11 is 0. The highest BCUT2D eigenvalue weighted by atomic mass is 35.5. The Hall–Kier alpha value is -2.32. The van der Waals surface area contributed by atoms with Crippen LogP contribution in [-0.2, 0) is 9.59 Å². The van der Waals surface area contributed by atoms with Gasteiger partial charge in [-0.2, -0.15) is 0 Å². The van der Waals surface area contributed by atoms with Gasteiger partial charge in [-0.15, -0.1) is 12.4 Å². The molecule has 2 saturated heterocycles. The number of hydrogen-bond acceptors (Lipinski definition) is 5. The topological polar surface area (TPSA) is 99.8 Å². The minimum absolute atomic E-state index is 0. The van der Waals surface area contributed by atoms with Gasteiger partial charge in [-0.3, -0.25) is 14.4 Å². The van der Waals surface area contributed by atoms with E-state index in [0.717, 1.165) is 32.2 Å². The van der Waals surface area contributed by atoms with Crippen LogP contribution in [0.5, 0.6) is 5.75 Å². The Balaban J connectivity index is 0.00000240. The van der Waals surface area contributed by atoms with Crippen LogP contribution in [0.3, 0.4) is 0 Å². The van der Waals surface area contributed by atoms with E-state index in [4.69, 9.17) is 4.74 Å². The molecule has 0 aromatic heterocycles. The minimum Gasteiger partial charge on any atom is -0.482 e. The number of carbonyl (C=O) groups is 3. The van der Waals surface area contributed by atoms with Gasteiger partial charge in [0.1, 0.15) is 5.75 Å². The fourth-order valence-electron chi connectivity index (χ4n) is 4.09. The lowest BCUT2D eigenvalue weighted by Gasteiger charge is -2.33. The van der Waals surface area contributed by atoms with Gasteiger partial charge < -0.3 is 25.6 Å². The Kier molecular flexibility index (Phi) is 6.97. The molecule has 9 heteroatoms. The zero-order valence-corrected chi connectivity index (χ0v) is 17.1. The van der Waals surface area contributed by atoms with Crippen LogP contribution >= 0.6 is 12.4 Å². The van der Waals surface area contributed by atoms with Gasteiger partial charge in [0.05, 0.1) is 11.7 Å². The molecule has 3 aliphatic heterocycles. The van der Waals surface area contributed by atoms with Crippen molar-refractivity contribution in [2.45, 2.75) is 31.7 Å². The first kappa shape index (κ1) is 21.4. The molecule has 158 valence electrons. The lowest BCUT2D eigenvalue weighted by molar-refractivity contribution is -0.123. The quantitative estimate of drug-likeness (QED) is 0.676. The van der Waals surface area contributed by atoms with Crippen LogP contribution in [-0.4, -0.2) is 61.4 Å². The number of nitrogens with one attached hydrogen (secondary N) is 3. The average molecular weight is 423 g/mol. The standard InChI is InChI=1S/C20H26N4O4.ClH/c25-18-12-28-17-6-5-14(9-16(17)23-18)20(27)24-8-2-3-13(11-24)10-22-19(26)15-4-1-7-21-15;/h5-6,9,13,15,21H,1-4,7-8,10-12H2,(H,22,26)(H,23,25);1H. The molecule has 2 fully saturated rings. The molecule has 3 amide bonds. The summed E-state index contributed by atoms with van der Waals surface area (Å²) in [5.74, 6) is 0.615. The smallest absolute Gasteiger partial charge is 0.262 e. The predicted molar refractivity (Wildman–Crippen MR) is 110 cm³/mol. The largest absolute Gasteiger partial charge is 0.482 e. The number of amides is 3. The van der Waals surface area contributed by atoms with E-state index in [-0.39, 0.29) is 48.7 Å². The maximum Gasteiger partial charge on any atom is 0.262 e. The number of halogens is 1. The third kappa shape index (κ3) is 5.00. The fraction of sp³-hybridized carbons (Fsp3) is 0.550. The van der Waals surface area contributed by atoms with E-state index < -0.39 is 0 Å². The Labute approximate surface area is 176 Å². The number of nitrogens with zero attached hydrogens (tertiary/aromatic N) is 1. The van der Waals surface area contributed by atoms with Crippen LogP contribution in [0.15, 0.2) is 18.2 Å². The molecule has 0 aliphatic carbocycles. The monoisotopic (exact) mass is 422 g/mol. The van der Waals surface area contributed by atoms with Gasteiger partial charge in [0.25, 0.3) is 11.8 Å². The number of rotatable bonds is 4. The first-order valence-electron chi connectivity index (χ1n) is 9.97. The van der Waals surface area contributed by atoms with Crippen molar-refractivity contribution in [2.75, 3.05) is 38.1 Å². The summed E-state index contributed by atoms with van der Waals surface area (Å²) in [7, 11) is 0. The zero-order chi connectivity index (χ0) is 19.5. The number of benzene rings is 1. The fourth-order valence-corrected chi connectivity index (χ4v) is 4.09. The summed E-state index contributed by atoms with van der Waals surface area (Å²) in [5.41, 5.74) is 1.07. The van der Waals surface area contributed by atoms with E-state index in [0.29, 0.717) is 36.6 Å². The molecule has 2 atom stereocenters. The van der Waals surface area contributed by atoms with Crippen LogP contribution in [0.1, 0.15) is 36.0 Å². The Morgan fingerprint density at radius 3 is 2.90 bits per heavy atom. The van der Waals surface area contributed by atoms with E-state index in [1.165, 1.54) is 0 Å². The van der Waals surface area contributed by atoms with Crippen LogP contribution < -0.4 is 20.7 Å². The lowest BCUT2D eigenvalue weighted by atomic mass is 9.97. The van der Waals surface area contributed by atoms with E-state index in [1.807, 2.05) is 4.90 Å². The molecule has 3 aliphatic rings. The molecule has 0 radical (unpaired) electrons. The van der Waals surface area contributed by atoms with Crippen molar-refractivity contribution < 1.29 is 19.1 Å². The Morgan fingerprint density at radius 2 is 2.10 bits per heavy atom. The molecule has 0 saturated carbocycles. The molecule has 2 unspecified atom stereocenters. The molecule has 3 N–H and O–H groups in total. The van der Waals surface area contributed by atoms with Crippen molar-refractivity contribution in [1.29, 1.82) is 0 Å². The van der Waals surface area contributed by atoms with Gasteiger partial charge in [0.2, 0.25) is 5.91 Å². The number of anilines is 1. The number of carbonyl (C=O) groups excluding carboxylic acids is 3. The molecule has 3 heterocycles. The summed E-state index contributed by atoms with van der Waals surface area (Å²) in [6, 6.07) is 5.05. The normalized spacial score (nSPS) is 23.3. The first-order chi connectivity index (χ1) is 13.6. The summed E-state index contributed by atoms with van der Waals surface area (Å²) in [4.78, 5) is 38.5. The molecular weight excluding hydrogens is 396 g/mol. The molecular formula is C20H27ClN4O4. The highest BCUT2D eigenvalue weighted by Crippen LogP contribution is 2.29. The van der Waals surface area contributed by atoms with Gasteiger partial charge in [-0.05, 0) is 56.3 Å². The second-order valence-corrected chi connectivity index (χ2v) is 7.70. The maximum absolute atomic E-state index is 12.9. The van der Waals surface area contributed by atoms with Gasteiger partial charge in [-0.1, -0.05) is 0 Å². The number of likely N-dealkylation sites (tertiary alicyclic amines) is 1. The highest BCUT2D eigenvalue weighted by Gasteiger charge is 2.27. The minimum atomic E-state index is -0.220. The first-order valence-corrected chi connectivity index (χ1v) is 9.97. The van der Waals surface area contributed by atoms with Gasteiger partial charge in [-0.25, -0.2) is 0 Å². The Morgan fingerprint density at radius 1 is 1.24 bits per heavy atom. The van der Waals surface area contributed by atoms with E-state index in [1.54, 1.807) is 18.2 Å². The number of fused-ring (bicyclic) bond motifs is 1. The predicted octanol–water partition coefficient (Wildman–Crippen LogP) is 1.16. The summed E-state index contributed by atoms with van der Waals surface area (Å²) < 4.78 is 5.35. The average Bonchev–Trinajstić information content (AvgIpc) is 3.26. The molecule has 8 nitrogen and oxygen atoms in total. The Bertz CT molecular complexity index is 782. The molecule has 4 rings (SSSR count). The molecule has 1 aromatic carbocycles. The summed E-state index contributed by atoms with van der Waals surface area (Å²) in [6.07, 6.45) is 3.84. The third-order valence-electron chi connectivity index (χ3n) is 5.61. The maximum atomic E-state index is 12.9. The van der Waals surface area contributed by atoms with E-state index >= 15 is 0 Å². The molecule has 0 spiro atoms. The van der Waals surface area contributed by atoms with Crippen LogP contribution in [0.25, 0.3) is 0 Å². The lowest BCUT2D eigenvalue weighted by Crippen LogP contribution is -2.46. The van der Waals surface area contributed by atoms with Crippen LogP contribution in [0, 0.1) is 5.92 Å². The van der Waals surface area contributed by atoms with E-state index in [2.05, 4.69) is 16.0 Å². The van der Waals surface area contributed by atoms with E-state index in [9.17, 15) is 14.4 Å². The van der Waals surface area contributed by atoms with Crippen molar-refractivity contribution in [3.63, 3.8) is 0 Å². The van der Waals surface area contributed by atoms with Crippen molar-refractivity contribution in [2.24, 2.45) is 5.92 Å². The molecule has 0 bridgehead atoms.